The lowest BCUT2D eigenvalue weighted by atomic mass is 9.85. The van der Waals surface area contributed by atoms with E-state index in [4.69, 9.17) is 4.74 Å². The van der Waals surface area contributed by atoms with Crippen molar-refractivity contribution in [2.75, 3.05) is 6.61 Å². The van der Waals surface area contributed by atoms with E-state index in [9.17, 15) is 4.79 Å². The number of carbonyl (C=O) groups excluding carboxylic acids is 1. The zero-order chi connectivity index (χ0) is 15.6. The van der Waals surface area contributed by atoms with Gasteiger partial charge in [-0.05, 0) is 12.3 Å². The summed E-state index contributed by atoms with van der Waals surface area (Å²) in [5.41, 5.74) is 0.896. The minimum Gasteiger partial charge on any atom is -0.370 e. The molecule has 0 N–H and O–H groups in total. The van der Waals surface area contributed by atoms with Crippen LogP contribution in [-0.2, 0) is 21.4 Å². The van der Waals surface area contributed by atoms with Gasteiger partial charge in [0.2, 0.25) is 0 Å². The highest BCUT2D eigenvalue weighted by Crippen LogP contribution is 2.27. The Morgan fingerprint density at radius 1 is 1.30 bits per heavy atom. The third-order valence-electron chi connectivity index (χ3n) is 3.06. The van der Waals surface area contributed by atoms with Gasteiger partial charge in [0.25, 0.3) is 0 Å². The molecule has 0 spiro atoms. The average Bonchev–Trinajstić information content (AvgIpc) is 2.72. The third-order valence-corrected chi connectivity index (χ3v) is 3.91. The van der Waals surface area contributed by atoms with Crippen molar-refractivity contribution in [3.8, 4) is 0 Å². The monoisotopic (exact) mass is 297 g/mol. The number of thiazole rings is 1. The molecule has 1 aromatic rings. The average molecular weight is 297 g/mol. The van der Waals surface area contributed by atoms with Crippen LogP contribution in [0.3, 0.4) is 0 Å². The maximum Gasteiger partial charge on any atom is 0.168 e. The highest BCUT2D eigenvalue weighted by Gasteiger charge is 2.32. The Balaban J connectivity index is 2.81. The molecule has 1 aromatic heterocycles. The van der Waals surface area contributed by atoms with Gasteiger partial charge in [-0.15, -0.1) is 11.3 Å². The summed E-state index contributed by atoms with van der Waals surface area (Å²) in [6.07, 6.45) is -0.00244. The highest BCUT2D eigenvalue weighted by atomic mass is 32.1. The number of ketones is 1. The lowest BCUT2D eigenvalue weighted by Crippen LogP contribution is -2.38. The van der Waals surface area contributed by atoms with Crippen LogP contribution in [0.25, 0.3) is 0 Å². The second kappa shape index (κ2) is 6.35. The molecule has 114 valence electrons. The molecule has 0 saturated heterocycles. The molecular formula is C16H27NO2S. The minimum atomic E-state index is -0.366. The lowest BCUT2D eigenvalue weighted by molar-refractivity contribution is -0.136. The number of carbonyl (C=O) groups is 1. The van der Waals surface area contributed by atoms with E-state index in [0.717, 1.165) is 10.7 Å². The molecule has 3 nitrogen and oxygen atoms in total. The first-order valence-corrected chi connectivity index (χ1v) is 8.03. The normalized spacial score (nSPS) is 14.3. The molecule has 0 saturated carbocycles. The van der Waals surface area contributed by atoms with Crippen LogP contribution in [0.1, 0.15) is 59.2 Å². The zero-order valence-corrected chi connectivity index (χ0v) is 14.6. The number of hydrogen-bond donors (Lipinski definition) is 0. The third kappa shape index (κ3) is 4.67. The van der Waals surface area contributed by atoms with Crippen molar-refractivity contribution in [1.29, 1.82) is 0 Å². The van der Waals surface area contributed by atoms with Crippen LogP contribution in [0.5, 0.6) is 0 Å². The molecule has 4 heteroatoms. The molecule has 0 aromatic carbocycles. The number of aromatic nitrogens is 1. The predicted octanol–water partition coefficient (Wildman–Crippen LogP) is 4.00. The van der Waals surface area contributed by atoms with Crippen molar-refractivity contribution < 1.29 is 9.53 Å². The van der Waals surface area contributed by atoms with E-state index >= 15 is 0 Å². The second-order valence-electron chi connectivity index (χ2n) is 7.22. The van der Waals surface area contributed by atoms with E-state index in [1.54, 1.807) is 11.3 Å². The summed E-state index contributed by atoms with van der Waals surface area (Å²) in [5, 5.41) is 2.93. The van der Waals surface area contributed by atoms with Gasteiger partial charge < -0.3 is 4.74 Å². The van der Waals surface area contributed by atoms with Crippen LogP contribution < -0.4 is 0 Å². The summed E-state index contributed by atoms with van der Waals surface area (Å²) in [6, 6.07) is 0. The van der Waals surface area contributed by atoms with E-state index < -0.39 is 0 Å². The van der Waals surface area contributed by atoms with Gasteiger partial charge in [-0.2, -0.15) is 0 Å². The van der Waals surface area contributed by atoms with Crippen molar-refractivity contribution in [2.24, 2.45) is 5.41 Å². The predicted molar refractivity (Wildman–Crippen MR) is 84.4 cm³/mol. The fourth-order valence-corrected chi connectivity index (χ4v) is 3.00. The Morgan fingerprint density at radius 3 is 2.30 bits per heavy atom. The summed E-state index contributed by atoms with van der Waals surface area (Å²) >= 11 is 1.56. The smallest absolute Gasteiger partial charge is 0.168 e. The molecule has 1 rings (SSSR count). The number of nitrogens with zero attached hydrogens (tertiary/aromatic N) is 1. The standard InChI is InChI=1S/C16H27NO2S/c1-8-19-14(16(5,6)7)11(18)9-13-17-12(10-20-13)15(2,3)4/h10,14H,8-9H2,1-7H3. The summed E-state index contributed by atoms with van der Waals surface area (Å²) < 4.78 is 5.64. The van der Waals surface area contributed by atoms with E-state index in [0.29, 0.717) is 13.0 Å². The molecule has 0 fully saturated rings. The quantitative estimate of drug-likeness (QED) is 0.824. The SMILES string of the molecule is CCOC(C(=O)Cc1nc(C(C)(C)C)cs1)C(C)(C)C. The summed E-state index contributed by atoms with van der Waals surface area (Å²) in [5.74, 6) is 0.120. The lowest BCUT2D eigenvalue weighted by Gasteiger charge is -2.28. The Kier molecular flexibility index (Phi) is 5.50. The van der Waals surface area contributed by atoms with Crippen molar-refractivity contribution in [3.05, 3.63) is 16.1 Å². The second-order valence-corrected chi connectivity index (χ2v) is 8.16. The molecule has 0 aliphatic heterocycles. The Labute approximate surface area is 126 Å². The Bertz CT molecular complexity index is 452. The van der Waals surface area contributed by atoms with Gasteiger partial charge in [-0.3, -0.25) is 4.79 Å². The van der Waals surface area contributed by atoms with Crippen molar-refractivity contribution in [3.63, 3.8) is 0 Å². The molecule has 0 radical (unpaired) electrons. The first-order chi connectivity index (χ1) is 9.05. The van der Waals surface area contributed by atoms with E-state index in [1.807, 2.05) is 27.7 Å². The molecule has 0 bridgehead atoms. The van der Waals surface area contributed by atoms with Gasteiger partial charge in [-0.25, -0.2) is 4.98 Å². The van der Waals surface area contributed by atoms with Crippen LogP contribution in [-0.4, -0.2) is 23.5 Å². The number of Topliss-reactive ketones (excluding diaryl/α,β-unsaturated/α-hetero) is 1. The van der Waals surface area contributed by atoms with E-state index in [-0.39, 0.29) is 22.7 Å². The van der Waals surface area contributed by atoms with E-state index in [2.05, 4.69) is 31.1 Å². The number of rotatable bonds is 5. The largest absolute Gasteiger partial charge is 0.370 e. The van der Waals surface area contributed by atoms with Gasteiger partial charge in [0.05, 0.1) is 12.1 Å². The van der Waals surface area contributed by atoms with Crippen molar-refractivity contribution in [1.82, 2.24) is 4.98 Å². The molecule has 20 heavy (non-hydrogen) atoms. The number of ether oxygens (including phenoxy) is 1. The van der Waals surface area contributed by atoms with Crippen molar-refractivity contribution in [2.45, 2.75) is 66.4 Å². The fourth-order valence-electron chi connectivity index (χ4n) is 1.97. The van der Waals surface area contributed by atoms with Crippen LogP contribution >= 0.6 is 11.3 Å². The van der Waals surface area contributed by atoms with Crippen LogP contribution in [0.4, 0.5) is 0 Å². The van der Waals surface area contributed by atoms with Gasteiger partial charge in [0.15, 0.2) is 5.78 Å². The highest BCUT2D eigenvalue weighted by molar-refractivity contribution is 7.09. The Morgan fingerprint density at radius 2 is 1.90 bits per heavy atom. The summed E-state index contributed by atoms with van der Waals surface area (Å²) in [4.78, 5) is 17.0. The topological polar surface area (TPSA) is 39.2 Å². The fraction of sp³-hybridized carbons (Fsp3) is 0.750. The van der Waals surface area contributed by atoms with Gasteiger partial charge in [0.1, 0.15) is 11.1 Å². The van der Waals surface area contributed by atoms with Crippen LogP contribution in [0.2, 0.25) is 0 Å². The van der Waals surface area contributed by atoms with Crippen LogP contribution in [0, 0.1) is 5.41 Å². The molecule has 0 aliphatic carbocycles. The molecule has 0 aliphatic rings. The van der Waals surface area contributed by atoms with Gasteiger partial charge in [0, 0.05) is 17.4 Å². The molecule has 1 unspecified atom stereocenters. The maximum absolute atomic E-state index is 12.4. The van der Waals surface area contributed by atoms with E-state index in [1.165, 1.54) is 0 Å². The molecule has 1 atom stereocenters. The summed E-state index contributed by atoms with van der Waals surface area (Å²) in [7, 11) is 0. The van der Waals surface area contributed by atoms with Crippen LogP contribution in [0.15, 0.2) is 5.38 Å². The maximum atomic E-state index is 12.4. The molecule has 0 amide bonds. The minimum absolute atomic E-state index is 0.0289. The molecule has 1 heterocycles. The summed E-state index contributed by atoms with van der Waals surface area (Å²) in [6.45, 7) is 15.0. The van der Waals surface area contributed by atoms with Gasteiger partial charge >= 0.3 is 0 Å². The van der Waals surface area contributed by atoms with Crippen molar-refractivity contribution >= 4 is 17.1 Å². The number of hydrogen-bond acceptors (Lipinski definition) is 4. The first-order valence-electron chi connectivity index (χ1n) is 7.15. The molecular weight excluding hydrogens is 270 g/mol. The zero-order valence-electron chi connectivity index (χ0n) is 13.7. The first kappa shape index (κ1) is 17.3. The van der Waals surface area contributed by atoms with Gasteiger partial charge in [-0.1, -0.05) is 41.5 Å². The Hall–Kier alpha value is -0.740.